The van der Waals surface area contributed by atoms with Gasteiger partial charge in [0, 0.05) is 6.08 Å². The molecule has 0 aliphatic heterocycles. The van der Waals surface area contributed by atoms with Gasteiger partial charge >= 0.3 is 5.97 Å². The Labute approximate surface area is 163 Å². The van der Waals surface area contributed by atoms with Crippen molar-refractivity contribution in [3.8, 4) is 5.75 Å². The smallest absolute Gasteiger partial charge is 0.325 e. The molecule has 0 saturated carbocycles. The van der Waals surface area contributed by atoms with Crippen molar-refractivity contribution in [2.45, 2.75) is 4.90 Å². The fraction of sp³-hybridized carbons (Fsp3) is 0.158. The summed E-state index contributed by atoms with van der Waals surface area (Å²) in [5.41, 5.74) is 0.945. The molecule has 0 bridgehead atoms. The normalized spacial score (nSPS) is 11.1. The van der Waals surface area contributed by atoms with Crippen molar-refractivity contribution in [2.24, 2.45) is 0 Å². The number of hydrogen-bond acceptors (Lipinski definition) is 6. The lowest BCUT2D eigenvalue weighted by atomic mass is 10.2. The molecule has 9 heteroatoms. The van der Waals surface area contributed by atoms with Gasteiger partial charge in [-0.2, -0.15) is 0 Å². The van der Waals surface area contributed by atoms with Gasteiger partial charge in [0.2, 0.25) is 5.91 Å². The average Bonchev–Trinajstić information content (AvgIpc) is 2.70. The summed E-state index contributed by atoms with van der Waals surface area (Å²) >= 11 is 0. The molecule has 0 heterocycles. The number of amides is 1. The highest BCUT2D eigenvalue weighted by Crippen LogP contribution is 2.26. The number of nitrogens with one attached hydrogen (secondary N) is 2. The molecule has 0 fully saturated rings. The third kappa shape index (κ3) is 5.85. The topological polar surface area (TPSA) is 111 Å². The van der Waals surface area contributed by atoms with Crippen LogP contribution in [-0.4, -0.2) is 41.1 Å². The van der Waals surface area contributed by atoms with Gasteiger partial charge in [-0.15, -0.1) is 0 Å². The molecule has 2 aromatic rings. The maximum Gasteiger partial charge on any atom is 0.325 e. The number of benzene rings is 2. The van der Waals surface area contributed by atoms with Crippen molar-refractivity contribution in [2.75, 3.05) is 25.5 Å². The molecule has 28 heavy (non-hydrogen) atoms. The first-order chi connectivity index (χ1) is 13.4. The number of carbonyl (C=O) groups excluding carboxylic acids is 2. The van der Waals surface area contributed by atoms with Gasteiger partial charge < -0.3 is 14.8 Å². The second kappa shape index (κ2) is 9.56. The van der Waals surface area contributed by atoms with Crippen LogP contribution in [0.2, 0.25) is 0 Å². The molecule has 0 saturated heterocycles. The summed E-state index contributed by atoms with van der Waals surface area (Å²) in [6.45, 7) is -0.231. The predicted molar refractivity (Wildman–Crippen MR) is 104 cm³/mol. The van der Waals surface area contributed by atoms with E-state index in [1.54, 1.807) is 36.4 Å². The van der Waals surface area contributed by atoms with E-state index in [9.17, 15) is 18.0 Å². The lowest BCUT2D eigenvalue weighted by molar-refractivity contribution is -0.140. The Hall–Kier alpha value is -3.33. The number of hydrogen-bond donors (Lipinski definition) is 2. The fourth-order valence-electron chi connectivity index (χ4n) is 2.15. The molecule has 148 valence electrons. The fourth-order valence-corrected chi connectivity index (χ4v) is 3.22. The van der Waals surface area contributed by atoms with Gasteiger partial charge in [-0.05, 0) is 35.9 Å². The van der Waals surface area contributed by atoms with Gasteiger partial charge in [-0.25, -0.2) is 8.42 Å². The largest absolute Gasteiger partial charge is 0.495 e. The van der Waals surface area contributed by atoms with E-state index in [4.69, 9.17) is 4.74 Å². The van der Waals surface area contributed by atoms with Gasteiger partial charge in [-0.1, -0.05) is 24.3 Å². The highest BCUT2D eigenvalue weighted by molar-refractivity contribution is 7.92. The molecule has 2 rings (SSSR count). The van der Waals surface area contributed by atoms with Crippen molar-refractivity contribution >= 4 is 33.7 Å². The SMILES string of the molecule is COC(=O)CNC(=O)/C=C/c1ccc(S(=O)(=O)Nc2ccccc2OC)cc1. The van der Waals surface area contributed by atoms with Crippen molar-refractivity contribution in [1.29, 1.82) is 0 Å². The van der Waals surface area contributed by atoms with Crippen LogP contribution < -0.4 is 14.8 Å². The van der Waals surface area contributed by atoms with E-state index in [1.165, 1.54) is 38.5 Å². The van der Waals surface area contributed by atoms with Crippen LogP contribution in [0.5, 0.6) is 5.75 Å². The van der Waals surface area contributed by atoms with E-state index in [2.05, 4.69) is 14.8 Å². The lowest BCUT2D eigenvalue weighted by Gasteiger charge is -2.11. The zero-order valence-corrected chi connectivity index (χ0v) is 16.2. The molecule has 2 aromatic carbocycles. The Morgan fingerprint density at radius 2 is 1.71 bits per heavy atom. The van der Waals surface area contributed by atoms with Gasteiger partial charge in [0.15, 0.2) is 0 Å². The Morgan fingerprint density at radius 3 is 2.36 bits per heavy atom. The van der Waals surface area contributed by atoms with Crippen molar-refractivity contribution in [3.63, 3.8) is 0 Å². The summed E-state index contributed by atoms with van der Waals surface area (Å²) in [5.74, 6) is -0.623. The number of carbonyl (C=O) groups is 2. The third-order valence-corrected chi connectivity index (χ3v) is 4.98. The third-order valence-electron chi connectivity index (χ3n) is 3.60. The summed E-state index contributed by atoms with van der Waals surface area (Å²) in [5, 5.41) is 2.36. The highest BCUT2D eigenvalue weighted by atomic mass is 32.2. The van der Waals surface area contributed by atoms with Gasteiger partial charge in [0.05, 0.1) is 24.8 Å². The summed E-state index contributed by atoms with van der Waals surface area (Å²) in [6, 6.07) is 12.6. The summed E-state index contributed by atoms with van der Waals surface area (Å²) in [7, 11) is -1.12. The molecular weight excluding hydrogens is 384 g/mol. The Bertz CT molecular complexity index is 968. The predicted octanol–water partition coefficient (Wildman–Crippen LogP) is 1.80. The number of methoxy groups -OCH3 is 2. The number of esters is 1. The lowest BCUT2D eigenvalue weighted by Crippen LogP contribution is -2.28. The zero-order valence-electron chi connectivity index (χ0n) is 15.3. The van der Waals surface area contributed by atoms with Crippen LogP contribution in [0.4, 0.5) is 5.69 Å². The standard InChI is InChI=1S/C19H20N2O6S/c1-26-17-6-4-3-5-16(17)21-28(24,25)15-10-7-14(8-11-15)9-12-18(22)20-13-19(23)27-2/h3-12,21H,13H2,1-2H3,(H,20,22)/b12-9+. The van der Waals surface area contributed by atoms with Crippen LogP contribution in [0.15, 0.2) is 59.5 Å². The first-order valence-electron chi connectivity index (χ1n) is 8.14. The maximum atomic E-state index is 12.5. The van der Waals surface area contributed by atoms with Crippen LogP contribution >= 0.6 is 0 Å². The highest BCUT2D eigenvalue weighted by Gasteiger charge is 2.16. The van der Waals surface area contributed by atoms with Gasteiger partial charge in [0.1, 0.15) is 12.3 Å². The summed E-state index contributed by atoms with van der Waals surface area (Å²) < 4.78 is 37.1. The van der Waals surface area contributed by atoms with E-state index in [-0.39, 0.29) is 11.4 Å². The van der Waals surface area contributed by atoms with Gasteiger partial charge in [0.25, 0.3) is 10.0 Å². The molecule has 0 aromatic heterocycles. The molecule has 0 spiro atoms. The minimum atomic E-state index is -3.80. The van der Waals surface area contributed by atoms with Crippen LogP contribution in [-0.2, 0) is 24.3 Å². The molecule has 1 amide bonds. The second-order valence-electron chi connectivity index (χ2n) is 5.50. The van der Waals surface area contributed by atoms with Crippen LogP contribution in [0.3, 0.4) is 0 Å². The first kappa shape index (κ1) is 21.0. The number of anilines is 1. The molecular formula is C19H20N2O6S. The van der Waals surface area contributed by atoms with Crippen molar-refractivity contribution in [1.82, 2.24) is 5.32 Å². The van der Waals surface area contributed by atoms with Crippen LogP contribution in [0.25, 0.3) is 6.08 Å². The number of rotatable bonds is 8. The van der Waals surface area contributed by atoms with Crippen molar-refractivity contribution in [3.05, 3.63) is 60.2 Å². The monoisotopic (exact) mass is 404 g/mol. The Morgan fingerprint density at radius 1 is 1.04 bits per heavy atom. The average molecular weight is 404 g/mol. The number of sulfonamides is 1. The van der Waals surface area contributed by atoms with E-state index in [0.29, 0.717) is 17.0 Å². The Kier molecular flexibility index (Phi) is 7.16. The summed E-state index contributed by atoms with van der Waals surface area (Å²) in [6.07, 6.45) is 2.73. The van der Waals surface area contributed by atoms with E-state index >= 15 is 0 Å². The van der Waals surface area contributed by atoms with Gasteiger partial charge in [-0.3, -0.25) is 14.3 Å². The number of para-hydroxylation sites is 2. The van der Waals surface area contributed by atoms with E-state index in [1.807, 2.05) is 0 Å². The molecule has 0 aliphatic rings. The molecule has 2 N–H and O–H groups in total. The molecule has 0 radical (unpaired) electrons. The van der Waals surface area contributed by atoms with Crippen LogP contribution in [0, 0.1) is 0 Å². The molecule has 0 aliphatic carbocycles. The minimum Gasteiger partial charge on any atom is -0.495 e. The molecule has 0 atom stereocenters. The van der Waals surface area contributed by atoms with E-state index < -0.39 is 21.9 Å². The quantitative estimate of drug-likeness (QED) is 0.513. The maximum absolute atomic E-state index is 12.5. The summed E-state index contributed by atoms with van der Waals surface area (Å²) in [4.78, 5) is 22.6. The minimum absolute atomic E-state index is 0.0608. The Balaban J connectivity index is 2.05. The first-order valence-corrected chi connectivity index (χ1v) is 9.62. The number of ether oxygens (including phenoxy) is 2. The zero-order chi connectivity index (χ0) is 20.6. The van der Waals surface area contributed by atoms with Crippen molar-refractivity contribution < 1.29 is 27.5 Å². The second-order valence-corrected chi connectivity index (χ2v) is 7.18. The van der Waals surface area contributed by atoms with E-state index in [0.717, 1.165) is 0 Å². The molecule has 8 nitrogen and oxygen atoms in total. The molecule has 0 unspecified atom stereocenters. The van der Waals surface area contributed by atoms with Crippen LogP contribution in [0.1, 0.15) is 5.56 Å².